The van der Waals surface area contributed by atoms with Gasteiger partial charge in [-0.3, -0.25) is 14.6 Å². The third-order valence-corrected chi connectivity index (χ3v) is 5.56. The predicted octanol–water partition coefficient (Wildman–Crippen LogP) is 4.01. The molecule has 0 radical (unpaired) electrons. The molecule has 1 fully saturated rings. The highest BCUT2D eigenvalue weighted by Gasteiger charge is 2.26. The molecule has 1 amide bonds. The van der Waals surface area contributed by atoms with Gasteiger partial charge in [-0.15, -0.1) is 0 Å². The molecule has 1 N–H and O–H groups in total. The maximum atomic E-state index is 12.6. The minimum absolute atomic E-state index is 0.0789. The molecule has 146 valence electrons. The van der Waals surface area contributed by atoms with Gasteiger partial charge in [-0.2, -0.15) is 5.26 Å². The van der Waals surface area contributed by atoms with Gasteiger partial charge >= 0.3 is 0 Å². The van der Waals surface area contributed by atoms with Crippen LogP contribution in [0.1, 0.15) is 18.1 Å². The number of nitriles is 1. The Balaban J connectivity index is 1.50. The van der Waals surface area contributed by atoms with Gasteiger partial charge in [-0.25, -0.2) is 0 Å². The van der Waals surface area contributed by atoms with E-state index in [1.165, 1.54) is 5.56 Å². The summed E-state index contributed by atoms with van der Waals surface area (Å²) in [5.41, 5.74) is 2.44. The number of nitrogens with zero attached hydrogens (tertiary/aromatic N) is 3. The monoisotopic (exact) mass is 416 g/mol. The van der Waals surface area contributed by atoms with E-state index >= 15 is 0 Å². The number of nitrogens with one attached hydrogen (secondary N) is 1. The first kappa shape index (κ1) is 20.6. The Morgan fingerprint density at radius 1 is 1.14 bits per heavy atom. The Hall–Kier alpha value is -2.10. The van der Waals surface area contributed by atoms with Crippen LogP contribution in [0.25, 0.3) is 0 Å². The summed E-state index contributed by atoms with van der Waals surface area (Å²) in [6.45, 7) is 6.17. The van der Waals surface area contributed by atoms with E-state index in [-0.39, 0.29) is 11.9 Å². The zero-order valence-corrected chi connectivity index (χ0v) is 17.2. The standard InChI is InChI=1S/C21H22Cl2N4O/c1-15(21(28)25-20-7-6-18(22)12-19(20)23)27-10-8-26(9-11-27)14-17-4-2-16(13-24)3-5-17/h2-7,12,15H,8-11,14H2,1H3,(H,25,28). The number of piperazine rings is 1. The highest BCUT2D eigenvalue weighted by atomic mass is 35.5. The van der Waals surface area contributed by atoms with E-state index in [1.807, 2.05) is 31.2 Å². The number of carbonyl (C=O) groups excluding carboxylic acids is 1. The quantitative estimate of drug-likeness (QED) is 0.799. The van der Waals surface area contributed by atoms with Crippen LogP contribution >= 0.6 is 23.2 Å². The number of hydrogen-bond donors (Lipinski definition) is 1. The highest BCUT2D eigenvalue weighted by Crippen LogP contribution is 2.25. The lowest BCUT2D eigenvalue weighted by Crippen LogP contribution is -2.52. The van der Waals surface area contributed by atoms with Crippen LogP contribution in [0.2, 0.25) is 10.0 Å². The molecule has 0 aliphatic carbocycles. The minimum atomic E-state index is -0.246. The minimum Gasteiger partial charge on any atom is -0.323 e. The van der Waals surface area contributed by atoms with E-state index in [0.29, 0.717) is 21.3 Å². The molecule has 1 aliphatic heterocycles. The zero-order chi connectivity index (χ0) is 20.1. The van der Waals surface area contributed by atoms with Crippen LogP contribution in [0.3, 0.4) is 0 Å². The van der Waals surface area contributed by atoms with Crippen molar-refractivity contribution in [2.75, 3.05) is 31.5 Å². The molecule has 0 bridgehead atoms. The Kier molecular flexibility index (Phi) is 6.93. The molecule has 1 heterocycles. The number of rotatable bonds is 5. The molecule has 3 rings (SSSR count). The third kappa shape index (κ3) is 5.24. The van der Waals surface area contributed by atoms with Crippen molar-refractivity contribution in [2.45, 2.75) is 19.5 Å². The smallest absolute Gasteiger partial charge is 0.241 e. The molecule has 1 saturated heterocycles. The Morgan fingerprint density at radius 2 is 1.82 bits per heavy atom. The van der Waals surface area contributed by atoms with Crippen molar-refractivity contribution in [3.05, 3.63) is 63.6 Å². The first-order valence-electron chi connectivity index (χ1n) is 9.17. The van der Waals surface area contributed by atoms with Crippen molar-refractivity contribution in [1.82, 2.24) is 9.80 Å². The van der Waals surface area contributed by atoms with Crippen LogP contribution in [-0.4, -0.2) is 47.9 Å². The molecule has 0 saturated carbocycles. The first-order valence-corrected chi connectivity index (χ1v) is 9.93. The summed E-state index contributed by atoms with van der Waals surface area (Å²) >= 11 is 12.0. The molecule has 1 atom stereocenters. The van der Waals surface area contributed by atoms with E-state index in [2.05, 4.69) is 21.2 Å². The van der Waals surface area contributed by atoms with Crippen molar-refractivity contribution < 1.29 is 4.79 Å². The second-order valence-corrected chi connectivity index (χ2v) is 7.75. The van der Waals surface area contributed by atoms with Crippen LogP contribution < -0.4 is 5.32 Å². The van der Waals surface area contributed by atoms with Crippen LogP contribution in [0.4, 0.5) is 5.69 Å². The van der Waals surface area contributed by atoms with Gasteiger partial charge in [-0.05, 0) is 42.8 Å². The molecule has 28 heavy (non-hydrogen) atoms. The summed E-state index contributed by atoms with van der Waals surface area (Å²) in [4.78, 5) is 17.1. The molecular weight excluding hydrogens is 395 g/mol. The van der Waals surface area contributed by atoms with E-state index in [1.54, 1.807) is 18.2 Å². The molecule has 7 heteroatoms. The lowest BCUT2D eigenvalue weighted by Gasteiger charge is -2.37. The SMILES string of the molecule is CC(C(=O)Nc1ccc(Cl)cc1Cl)N1CCN(Cc2ccc(C#N)cc2)CC1. The van der Waals surface area contributed by atoms with Crippen LogP contribution in [0.5, 0.6) is 0 Å². The van der Waals surface area contributed by atoms with Crippen LogP contribution in [-0.2, 0) is 11.3 Å². The largest absolute Gasteiger partial charge is 0.323 e. The van der Waals surface area contributed by atoms with Crippen LogP contribution in [0, 0.1) is 11.3 Å². The van der Waals surface area contributed by atoms with Gasteiger partial charge in [0, 0.05) is 37.7 Å². The molecule has 5 nitrogen and oxygen atoms in total. The molecule has 0 spiro atoms. The van der Waals surface area contributed by atoms with Gasteiger partial charge in [0.15, 0.2) is 0 Å². The summed E-state index contributed by atoms with van der Waals surface area (Å²) in [6.07, 6.45) is 0. The third-order valence-electron chi connectivity index (χ3n) is 5.01. The van der Waals surface area contributed by atoms with Gasteiger partial charge in [0.05, 0.1) is 28.4 Å². The number of hydrogen-bond acceptors (Lipinski definition) is 4. The van der Waals surface area contributed by atoms with Gasteiger partial charge in [-0.1, -0.05) is 35.3 Å². The molecule has 0 aromatic heterocycles. The second kappa shape index (κ2) is 9.40. The number of carbonyl (C=O) groups is 1. The molecule has 1 aliphatic rings. The lowest BCUT2D eigenvalue weighted by atomic mass is 10.1. The lowest BCUT2D eigenvalue weighted by molar-refractivity contribution is -0.121. The number of anilines is 1. The summed E-state index contributed by atoms with van der Waals surface area (Å²) < 4.78 is 0. The highest BCUT2D eigenvalue weighted by molar-refractivity contribution is 6.36. The Bertz CT molecular complexity index is 871. The summed E-state index contributed by atoms with van der Waals surface area (Å²) in [5.74, 6) is -0.0789. The summed E-state index contributed by atoms with van der Waals surface area (Å²) in [7, 11) is 0. The van der Waals surface area contributed by atoms with Crippen molar-refractivity contribution in [3.63, 3.8) is 0 Å². The predicted molar refractivity (Wildman–Crippen MR) is 113 cm³/mol. The van der Waals surface area contributed by atoms with Gasteiger partial charge in [0.1, 0.15) is 0 Å². The normalized spacial score (nSPS) is 16.4. The van der Waals surface area contributed by atoms with Gasteiger partial charge in [0.25, 0.3) is 0 Å². The van der Waals surface area contributed by atoms with Crippen molar-refractivity contribution >= 4 is 34.8 Å². The average Bonchev–Trinajstić information content (AvgIpc) is 2.70. The molecule has 1 unspecified atom stereocenters. The van der Waals surface area contributed by atoms with Crippen molar-refractivity contribution in [3.8, 4) is 6.07 Å². The van der Waals surface area contributed by atoms with E-state index in [0.717, 1.165) is 32.7 Å². The topological polar surface area (TPSA) is 59.4 Å². The second-order valence-electron chi connectivity index (χ2n) is 6.91. The average molecular weight is 417 g/mol. The van der Waals surface area contributed by atoms with Gasteiger partial charge < -0.3 is 5.32 Å². The fourth-order valence-corrected chi connectivity index (χ4v) is 3.70. The zero-order valence-electron chi connectivity index (χ0n) is 15.7. The van der Waals surface area contributed by atoms with Gasteiger partial charge in [0.2, 0.25) is 5.91 Å². The number of halogens is 2. The van der Waals surface area contributed by atoms with E-state index in [4.69, 9.17) is 28.5 Å². The van der Waals surface area contributed by atoms with E-state index in [9.17, 15) is 4.79 Å². The Morgan fingerprint density at radius 3 is 2.43 bits per heavy atom. The van der Waals surface area contributed by atoms with Crippen molar-refractivity contribution in [2.24, 2.45) is 0 Å². The number of benzene rings is 2. The first-order chi connectivity index (χ1) is 13.5. The maximum absolute atomic E-state index is 12.6. The number of amides is 1. The fourth-order valence-electron chi connectivity index (χ4n) is 3.25. The van der Waals surface area contributed by atoms with Crippen molar-refractivity contribution in [1.29, 1.82) is 5.26 Å². The maximum Gasteiger partial charge on any atom is 0.241 e. The summed E-state index contributed by atoms with van der Waals surface area (Å²) in [6, 6.07) is 14.6. The fraction of sp³-hybridized carbons (Fsp3) is 0.333. The molecular formula is C21H22Cl2N4O. The molecule has 2 aromatic rings. The Labute approximate surface area is 175 Å². The molecule has 2 aromatic carbocycles. The van der Waals surface area contributed by atoms with Crippen LogP contribution in [0.15, 0.2) is 42.5 Å². The summed E-state index contributed by atoms with van der Waals surface area (Å²) in [5, 5.41) is 12.7. The van der Waals surface area contributed by atoms with E-state index < -0.39 is 0 Å².